The molecule has 1 aliphatic carbocycles. The maximum atomic E-state index is 12.3. The number of carbonyl (C=O) groups is 2. The average molecular weight is 282 g/mol. The van der Waals surface area contributed by atoms with Crippen LogP contribution >= 0.6 is 11.6 Å². The third-order valence-corrected chi connectivity index (χ3v) is 4.17. The second-order valence-corrected chi connectivity index (χ2v) is 5.41. The molecule has 1 amide bonds. The first-order valence-corrected chi connectivity index (χ1v) is 6.53. The van der Waals surface area contributed by atoms with Crippen molar-refractivity contribution in [2.75, 3.05) is 7.05 Å². The molecule has 102 valence electrons. The zero-order valence-corrected chi connectivity index (χ0v) is 11.6. The summed E-state index contributed by atoms with van der Waals surface area (Å²) >= 11 is 6.11. The van der Waals surface area contributed by atoms with Gasteiger partial charge in [0.05, 0.1) is 6.04 Å². The van der Waals surface area contributed by atoms with Crippen molar-refractivity contribution in [1.29, 1.82) is 0 Å². The number of halogens is 1. The Morgan fingerprint density at radius 1 is 1.37 bits per heavy atom. The lowest BCUT2D eigenvalue weighted by Crippen LogP contribution is -2.39. The van der Waals surface area contributed by atoms with Gasteiger partial charge in [0, 0.05) is 12.1 Å². The Hall–Kier alpha value is -1.55. The maximum Gasteiger partial charge on any atom is 0.319 e. The van der Waals surface area contributed by atoms with Crippen LogP contribution in [0.5, 0.6) is 0 Å². The standard InChI is InChI=1S/C14H16ClNO3/c1-9(10-5-3-4-6-11(10)15)16(2)12(17)14(7-8-14)13(18)19/h3-6,9H,7-8H2,1-2H3,(H,18,19). The monoisotopic (exact) mass is 281 g/mol. The first kappa shape index (κ1) is 13.9. The summed E-state index contributed by atoms with van der Waals surface area (Å²) in [6, 6.07) is 7.02. The lowest BCUT2D eigenvalue weighted by Gasteiger charge is -2.28. The fourth-order valence-corrected chi connectivity index (χ4v) is 2.47. The maximum absolute atomic E-state index is 12.3. The van der Waals surface area contributed by atoms with Crippen LogP contribution in [0.2, 0.25) is 5.02 Å². The SMILES string of the molecule is CC(c1ccccc1Cl)N(C)C(=O)C1(C(=O)O)CC1. The Morgan fingerprint density at radius 2 is 1.95 bits per heavy atom. The molecule has 1 aromatic carbocycles. The lowest BCUT2D eigenvalue weighted by molar-refractivity contribution is -0.153. The second kappa shape index (κ2) is 4.85. The summed E-state index contributed by atoms with van der Waals surface area (Å²) in [4.78, 5) is 25.0. The van der Waals surface area contributed by atoms with Gasteiger partial charge in [-0.25, -0.2) is 0 Å². The molecule has 1 N–H and O–H groups in total. The number of amides is 1. The van der Waals surface area contributed by atoms with Gasteiger partial charge in [0.1, 0.15) is 5.41 Å². The van der Waals surface area contributed by atoms with Crippen LogP contribution in [0.3, 0.4) is 0 Å². The Bertz CT molecular complexity index is 525. The normalized spacial score (nSPS) is 17.6. The van der Waals surface area contributed by atoms with Crippen molar-refractivity contribution in [3.05, 3.63) is 34.9 Å². The van der Waals surface area contributed by atoms with Crippen LogP contribution < -0.4 is 0 Å². The average Bonchev–Trinajstić information content (AvgIpc) is 3.18. The Labute approximate surface area is 117 Å². The third kappa shape index (κ3) is 2.32. The van der Waals surface area contributed by atoms with Crippen molar-refractivity contribution in [1.82, 2.24) is 4.90 Å². The second-order valence-electron chi connectivity index (χ2n) is 5.00. The van der Waals surface area contributed by atoms with Gasteiger partial charge in [-0.2, -0.15) is 0 Å². The molecular formula is C14H16ClNO3. The number of carboxylic acids is 1. The number of carbonyl (C=O) groups excluding carboxylic acids is 1. The van der Waals surface area contributed by atoms with Gasteiger partial charge in [0.25, 0.3) is 0 Å². The van der Waals surface area contributed by atoms with Crippen LogP contribution in [0.15, 0.2) is 24.3 Å². The van der Waals surface area contributed by atoms with E-state index in [0.717, 1.165) is 5.56 Å². The predicted octanol–water partition coefficient (Wildman–Crippen LogP) is 2.72. The van der Waals surface area contributed by atoms with Crippen molar-refractivity contribution < 1.29 is 14.7 Å². The molecule has 0 bridgehead atoms. The van der Waals surface area contributed by atoms with Crippen molar-refractivity contribution in [3.8, 4) is 0 Å². The van der Waals surface area contributed by atoms with Crippen molar-refractivity contribution >= 4 is 23.5 Å². The molecule has 0 spiro atoms. The number of rotatable bonds is 4. The highest BCUT2D eigenvalue weighted by Crippen LogP contribution is 2.48. The van der Waals surface area contributed by atoms with Gasteiger partial charge >= 0.3 is 5.97 Å². The quantitative estimate of drug-likeness (QED) is 0.863. The Balaban J connectivity index is 2.21. The molecule has 1 unspecified atom stereocenters. The molecule has 1 aliphatic rings. The highest BCUT2D eigenvalue weighted by molar-refractivity contribution is 6.31. The van der Waals surface area contributed by atoms with Crippen molar-refractivity contribution in [2.45, 2.75) is 25.8 Å². The zero-order chi connectivity index (χ0) is 14.2. The van der Waals surface area contributed by atoms with E-state index in [1.165, 1.54) is 4.90 Å². The van der Waals surface area contributed by atoms with Crippen LogP contribution in [0.1, 0.15) is 31.4 Å². The molecule has 1 atom stereocenters. The number of benzene rings is 1. The molecule has 5 heteroatoms. The minimum Gasteiger partial charge on any atom is -0.480 e. The van der Waals surface area contributed by atoms with E-state index in [4.69, 9.17) is 16.7 Å². The molecule has 0 saturated heterocycles. The van der Waals surface area contributed by atoms with Crippen LogP contribution in [0.4, 0.5) is 0 Å². The molecule has 0 aliphatic heterocycles. The van der Waals surface area contributed by atoms with Crippen molar-refractivity contribution in [2.24, 2.45) is 5.41 Å². The predicted molar refractivity (Wildman–Crippen MR) is 71.9 cm³/mol. The van der Waals surface area contributed by atoms with E-state index in [0.29, 0.717) is 17.9 Å². The summed E-state index contributed by atoms with van der Waals surface area (Å²) in [5.41, 5.74) is -0.384. The van der Waals surface area contributed by atoms with Crippen molar-refractivity contribution in [3.63, 3.8) is 0 Å². The number of hydrogen-bond acceptors (Lipinski definition) is 2. The van der Waals surface area contributed by atoms with Gasteiger partial charge in [-0.3, -0.25) is 9.59 Å². The summed E-state index contributed by atoms with van der Waals surface area (Å²) in [5, 5.41) is 9.73. The van der Waals surface area contributed by atoms with E-state index in [9.17, 15) is 9.59 Å². The fourth-order valence-electron chi connectivity index (χ4n) is 2.18. The van der Waals surface area contributed by atoms with E-state index < -0.39 is 11.4 Å². The minimum absolute atomic E-state index is 0.252. The number of carboxylic acid groups (broad SMARTS) is 1. The first-order valence-electron chi connectivity index (χ1n) is 6.15. The molecule has 1 fully saturated rings. The van der Waals surface area contributed by atoms with Gasteiger partial charge < -0.3 is 10.0 Å². The minimum atomic E-state index is -1.20. The summed E-state index contributed by atoms with van der Waals surface area (Å²) in [6.07, 6.45) is 0.835. The summed E-state index contributed by atoms with van der Waals surface area (Å²) < 4.78 is 0. The number of aliphatic carboxylic acids is 1. The molecule has 0 aromatic heterocycles. The lowest BCUT2D eigenvalue weighted by atomic mass is 10.0. The number of nitrogens with zero attached hydrogens (tertiary/aromatic N) is 1. The van der Waals surface area contributed by atoms with Crippen LogP contribution in [0.25, 0.3) is 0 Å². The zero-order valence-electron chi connectivity index (χ0n) is 10.9. The Kier molecular flexibility index (Phi) is 3.54. The summed E-state index contributed by atoms with van der Waals surface area (Å²) in [6.45, 7) is 1.84. The van der Waals surface area contributed by atoms with Gasteiger partial charge in [-0.1, -0.05) is 29.8 Å². The van der Waals surface area contributed by atoms with Gasteiger partial charge in [0.2, 0.25) is 5.91 Å². The van der Waals surface area contributed by atoms with Crippen LogP contribution in [0, 0.1) is 5.41 Å². The first-order chi connectivity index (χ1) is 8.90. The molecule has 19 heavy (non-hydrogen) atoms. The highest BCUT2D eigenvalue weighted by atomic mass is 35.5. The molecular weight excluding hydrogens is 266 g/mol. The molecule has 4 nitrogen and oxygen atoms in total. The largest absolute Gasteiger partial charge is 0.480 e. The van der Waals surface area contributed by atoms with Crippen LogP contribution in [-0.2, 0) is 9.59 Å². The third-order valence-electron chi connectivity index (χ3n) is 3.83. The van der Waals surface area contributed by atoms with E-state index in [-0.39, 0.29) is 11.9 Å². The van der Waals surface area contributed by atoms with E-state index >= 15 is 0 Å². The van der Waals surface area contributed by atoms with Gasteiger partial charge in [-0.15, -0.1) is 0 Å². The molecule has 2 rings (SSSR count). The molecule has 1 saturated carbocycles. The summed E-state index contributed by atoms with van der Waals surface area (Å²) in [7, 11) is 1.62. The smallest absolute Gasteiger partial charge is 0.319 e. The summed E-state index contributed by atoms with van der Waals surface area (Å²) in [5.74, 6) is -1.37. The topological polar surface area (TPSA) is 57.6 Å². The molecule has 0 radical (unpaired) electrons. The Morgan fingerprint density at radius 3 is 2.42 bits per heavy atom. The highest BCUT2D eigenvalue weighted by Gasteiger charge is 2.58. The van der Waals surface area contributed by atoms with Gasteiger partial charge in [0.15, 0.2) is 0 Å². The fraction of sp³-hybridized carbons (Fsp3) is 0.429. The molecule has 0 heterocycles. The van der Waals surface area contributed by atoms with Crippen LogP contribution in [-0.4, -0.2) is 28.9 Å². The van der Waals surface area contributed by atoms with E-state index in [2.05, 4.69) is 0 Å². The van der Waals surface area contributed by atoms with E-state index in [1.807, 2.05) is 25.1 Å². The van der Waals surface area contributed by atoms with E-state index in [1.54, 1.807) is 13.1 Å². The number of hydrogen-bond donors (Lipinski definition) is 1. The molecule has 1 aromatic rings. The van der Waals surface area contributed by atoms with Gasteiger partial charge in [-0.05, 0) is 31.4 Å².